The van der Waals surface area contributed by atoms with Crippen LogP contribution in [0.2, 0.25) is 0 Å². The second kappa shape index (κ2) is 19.8. The minimum atomic E-state index is -0.669. The van der Waals surface area contributed by atoms with E-state index in [9.17, 15) is 9.59 Å². The number of aliphatic hydroxyl groups is 2. The van der Waals surface area contributed by atoms with Crippen LogP contribution in [0.15, 0.2) is 42.5 Å². The Labute approximate surface area is 252 Å². The van der Waals surface area contributed by atoms with E-state index in [0.29, 0.717) is 17.8 Å². The fourth-order valence-corrected chi connectivity index (χ4v) is 6.49. The summed E-state index contributed by atoms with van der Waals surface area (Å²) in [5.41, 5.74) is 1.77. The van der Waals surface area contributed by atoms with Crippen LogP contribution in [0.1, 0.15) is 107 Å². The molecule has 2 fully saturated rings. The number of rotatable bonds is 15. The van der Waals surface area contributed by atoms with Gasteiger partial charge in [0.1, 0.15) is 18.7 Å². The van der Waals surface area contributed by atoms with E-state index in [1.807, 2.05) is 12.1 Å². The number of carbonyl (C=O) groups is 2. The van der Waals surface area contributed by atoms with Gasteiger partial charge in [-0.2, -0.15) is 0 Å². The van der Waals surface area contributed by atoms with Gasteiger partial charge in [-0.05, 0) is 79.4 Å². The van der Waals surface area contributed by atoms with Crippen molar-refractivity contribution < 1.29 is 33.7 Å². The molecule has 0 heterocycles. The highest BCUT2D eigenvalue weighted by molar-refractivity contribution is 5.87. The van der Waals surface area contributed by atoms with E-state index in [2.05, 4.69) is 20.1 Å². The van der Waals surface area contributed by atoms with Crippen LogP contribution < -0.4 is 0 Å². The molecule has 2 aliphatic rings. The third kappa shape index (κ3) is 11.7. The number of aldehydes is 1. The number of methoxy groups -OCH3 is 1. The zero-order valence-corrected chi connectivity index (χ0v) is 25.8. The van der Waals surface area contributed by atoms with E-state index in [1.165, 1.54) is 64.2 Å². The molecule has 0 spiro atoms. The van der Waals surface area contributed by atoms with Crippen molar-refractivity contribution in [1.29, 1.82) is 0 Å². The Bertz CT molecular complexity index is 976. The zero-order valence-electron chi connectivity index (χ0n) is 25.8. The first-order chi connectivity index (χ1) is 20.3. The molecular weight excluding hydrogens is 535 g/mol. The van der Waals surface area contributed by atoms with Crippen LogP contribution in [0, 0.1) is 23.6 Å². The van der Waals surface area contributed by atoms with Crippen LogP contribution >= 0.6 is 0 Å². The minimum absolute atomic E-state index is 0.0161. The number of carbonyl (C=O) groups excluding carboxylic acids is 2. The topological polar surface area (TPSA) is 93.1 Å². The standard InChI is InChI=1S/C31H47FO4.C4H6O2/c1-4-5-6-7-23-8-10-24(11-9-23)25-12-14-26(15-13-25)27-16-17-29(30(32)18-27)28(20-35-3)21-36-31(34)22(2)19-33;1-4(2-5)3-6/h16-18,23-26,28,33H,2,4-15,19-21H2,1,3H3;2,6H,1,3H2. The van der Waals surface area contributed by atoms with E-state index in [1.54, 1.807) is 13.2 Å². The first-order valence-electron chi connectivity index (χ1n) is 15.8. The van der Waals surface area contributed by atoms with Gasteiger partial charge in [-0.15, -0.1) is 0 Å². The minimum Gasteiger partial charge on any atom is -0.462 e. The number of aliphatic hydroxyl groups excluding tert-OH is 2. The van der Waals surface area contributed by atoms with Gasteiger partial charge in [0.2, 0.25) is 0 Å². The van der Waals surface area contributed by atoms with Crippen LogP contribution in [0.25, 0.3) is 0 Å². The van der Waals surface area contributed by atoms with Crippen LogP contribution in [0.4, 0.5) is 4.39 Å². The molecule has 0 aromatic heterocycles. The molecule has 1 aromatic rings. The largest absolute Gasteiger partial charge is 0.462 e. The summed E-state index contributed by atoms with van der Waals surface area (Å²) in [6.45, 7) is 8.46. The van der Waals surface area contributed by atoms with Gasteiger partial charge in [0.25, 0.3) is 0 Å². The average molecular weight is 589 g/mol. The Balaban J connectivity index is 0.000000928. The van der Waals surface area contributed by atoms with Crippen molar-refractivity contribution in [1.82, 2.24) is 0 Å². The maximum Gasteiger partial charge on any atom is 0.335 e. The number of ether oxygens (including phenoxy) is 2. The Hall–Kier alpha value is -2.35. The van der Waals surface area contributed by atoms with Gasteiger partial charge in [0, 0.05) is 18.6 Å². The number of hydrogen-bond donors (Lipinski definition) is 2. The molecule has 0 saturated heterocycles. The van der Waals surface area contributed by atoms with Crippen molar-refractivity contribution in [2.45, 2.75) is 95.8 Å². The molecule has 2 N–H and O–H groups in total. The van der Waals surface area contributed by atoms with Gasteiger partial charge < -0.3 is 19.7 Å². The normalized spacial score (nSPS) is 22.8. The second-order valence-electron chi connectivity index (χ2n) is 12.1. The van der Waals surface area contributed by atoms with Crippen LogP contribution in [0.5, 0.6) is 0 Å². The lowest BCUT2D eigenvalue weighted by Crippen LogP contribution is -2.25. The molecule has 0 bridgehead atoms. The maximum absolute atomic E-state index is 15.2. The van der Waals surface area contributed by atoms with Crippen LogP contribution in [0.3, 0.4) is 0 Å². The summed E-state index contributed by atoms with van der Waals surface area (Å²) in [6, 6.07) is 5.55. The average Bonchev–Trinajstić information content (AvgIpc) is 3.03. The second-order valence-corrected chi connectivity index (χ2v) is 12.1. The summed E-state index contributed by atoms with van der Waals surface area (Å²) in [6.07, 6.45) is 16.5. The molecule has 3 rings (SSSR count). The number of hydrogen-bond acceptors (Lipinski definition) is 6. The van der Waals surface area contributed by atoms with Crippen molar-refractivity contribution in [3.8, 4) is 0 Å². The fourth-order valence-electron chi connectivity index (χ4n) is 6.49. The Kier molecular flexibility index (Phi) is 16.9. The smallest absolute Gasteiger partial charge is 0.335 e. The predicted molar refractivity (Wildman–Crippen MR) is 165 cm³/mol. The number of unbranched alkanes of at least 4 members (excludes halogenated alkanes) is 2. The quantitative estimate of drug-likeness (QED) is 0.0988. The molecule has 6 nitrogen and oxygen atoms in total. The lowest BCUT2D eigenvalue weighted by atomic mass is 9.68. The summed E-state index contributed by atoms with van der Waals surface area (Å²) in [5.74, 6) is 1.77. The summed E-state index contributed by atoms with van der Waals surface area (Å²) < 4.78 is 25.7. The maximum atomic E-state index is 15.2. The monoisotopic (exact) mass is 588 g/mol. The molecule has 0 amide bonds. The van der Waals surface area contributed by atoms with Gasteiger partial charge in [-0.25, -0.2) is 9.18 Å². The fraction of sp³-hybridized carbons (Fsp3) is 0.657. The van der Waals surface area contributed by atoms with E-state index in [0.717, 1.165) is 36.2 Å². The Morgan fingerprint density at radius 1 is 1.00 bits per heavy atom. The summed E-state index contributed by atoms with van der Waals surface area (Å²) in [5, 5.41) is 17.0. The van der Waals surface area contributed by atoms with Crippen molar-refractivity contribution in [2.24, 2.45) is 17.8 Å². The van der Waals surface area contributed by atoms with Gasteiger partial charge in [-0.3, -0.25) is 4.79 Å². The molecule has 42 heavy (non-hydrogen) atoms. The highest BCUT2D eigenvalue weighted by atomic mass is 19.1. The van der Waals surface area contributed by atoms with Gasteiger partial charge >= 0.3 is 5.97 Å². The molecule has 1 unspecified atom stereocenters. The lowest BCUT2D eigenvalue weighted by Gasteiger charge is -2.38. The van der Waals surface area contributed by atoms with Crippen molar-refractivity contribution in [2.75, 3.05) is 33.5 Å². The summed E-state index contributed by atoms with van der Waals surface area (Å²) >= 11 is 0. The van der Waals surface area contributed by atoms with Crippen LogP contribution in [-0.4, -0.2) is 56.0 Å². The summed E-state index contributed by atoms with van der Waals surface area (Å²) in [7, 11) is 1.55. The molecule has 1 atom stereocenters. The number of halogens is 1. The third-order valence-corrected chi connectivity index (χ3v) is 9.11. The Morgan fingerprint density at radius 2 is 1.64 bits per heavy atom. The molecule has 0 aliphatic heterocycles. The van der Waals surface area contributed by atoms with Crippen molar-refractivity contribution in [3.63, 3.8) is 0 Å². The lowest BCUT2D eigenvalue weighted by molar-refractivity contribution is -0.140. The van der Waals surface area contributed by atoms with E-state index in [4.69, 9.17) is 19.7 Å². The van der Waals surface area contributed by atoms with E-state index < -0.39 is 18.5 Å². The molecule has 0 radical (unpaired) electrons. The molecule has 2 aliphatic carbocycles. The first-order valence-corrected chi connectivity index (χ1v) is 15.8. The van der Waals surface area contributed by atoms with Gasteiger partial charge in [-0.1, -0.05) is 70.7 Å². The SMILES string of the molecule is C=C(C=O)CO.C=C(CO)C(=O)OCC(COC)c1ccc(C2CCC(C3CCC(CCCCC)CC3)CC2)cc1F. The summed E-state index contributed by atoms with van der Waals surface area (Å²) in [4.78, 5) is 21.3. The van der Waals surface area contributed by atoms with Gasteiger partial charge in [0.15, 0.2) is 0 Å². The predicted octanol–water partition coefficient (Wildman–Crippen LogP) is 7.04. The van der Waals surface area contributed by atoms with Crippen LogP contribution in [-0.2, 0) is 19.1 Å². The number of esters is 1. The number of benzene rings is 1. The highest BCUT2D eigenvalue weighted by Gasteiger charge is 2.31. The van der Waals surface area contributed by atoms with E-state index >= 15 is 4.39 Å². The molecule has 236 valence electrons. The molecule has 1 aromatic carbocycles. The zero-order chi connectivity index (χ0) is 30.9. The van der Waals surface area contributed by atoms with Crippen molar-refractivity contribution in [3.05, 3.63) is 59.4 Å². The van der Waals surface area contributed by atoms with Gasteiger partial charge in [0.05, 0.1) is 25.4 Å². The molecule has 2 saturated carbocycles. The first kappa shape index (κ1) is 35.8. The van der Waals surface area contributed by atoms with E-state index in [-0.39, 0.29) is 36.8 Å². The third-order valence-electron chi connectivity index (χ3n) is 9.11. The highest BCUT2D eigenvalue weighted by Crippen LogP contribution is 2.44. The molecule has 7 heteroatoms. The molecular formula is C35H53FO6. The van der Waals surface area contributed by atoms with Crippen molar-refractivity contribution >= 4 is 12.3 Å². The Morgan fingerprint density at radius 3 is 2.14 bits per heavy atom.